The molecule has 4 nitrogen and oxygen atoms in total. The number of hydrogen-bond donors (Lipinski definition) is 0. The minimum atomic E-state index is 0.155. The van der Waals surface area contributed by atoms with Crippen LogP contribution in [-0.4, -0.2) is 33.9 Å². The smallest absolute Gasteiger partial charge is 0.225 e. The predicted octanol–water partition coefficient (Wildman–Crippen LogP) is 4.59. The lowest BCUT2D eigenvalue weighted by Gasteiger charge is -2.34. The highest BCUT2D eigenvalue weighted by Crippen LogP contribution is 2.28. The average Bonchev–Trinajstić information content (AvgIpc) is 2.69. The van der Waals surface area contributed by atoms with Crippen LogP contribution in [0.3, 0.4) is 0 Å². The molecule has 1 aliphatic rings. The number of nitrogens with zero attached hydrogens (tertiary/aromatic N) is 3. The van der Waals surface area contributed by atoms with Gasteiger partial charge in [0.15, 0.2) is 5.82 Å². The number of amides is 1. The first kappa shape index (κ1) is 18.6. The van der Waals surface area contributed by atoms with Gasteiger partial charge in [-0.2, -0.15) is 0 Å². The van der Waals surface area contributed by atoms with Crippen molar-refractivity contribution in [1.82, 2.24) is 14.9 Å². The van der Waals surface area contributed by atoms with Crippen molar-refractivity contribution in [2.24, 2.45) is 5.92 Å². The molecule has 2 heterocycles. The summed E-state index contributed by atoms with van der Waals surface area (Å²) >= 11 is 0. The molecule has 0 saturated carbocycles. The molecule has 1 aromatic carbocycles. The van der Waals surface area contributed by atoms with Crippen molar-refractivity contribution in [3.63, 3.8) is 0 Å². The molecule has 1 amide bonds. The van der Waals surface area contributed by atoms with Crippen molar-refractivity contribution in [2.75, 3.05) is 13.1 Å². The van der Waals surface area contributed by atoms with Crippen LogP contribution in [0.2, 0.25) is 0 Å². The maximum Gasteiger partial charge on any atom is 0.225 e. The SMILES string of the molecule is CCC(CC)C(=O)N1CCC[C@H](c2ccnc(-c3ccc(C)cc3)n2)C1. The molecule has 138 valence electrons. The lowest BCUT2D eigenvalue weighted by atomic mass is 9.92. The summed E-state index contributed by atoms with van der Waals surface area (Å²) in [6.07, 6.45) is 5.81. The van der Waals surface area contributed by atoms with Gasteiger partial charge in [0.2, 0.25) is 5.91 Å². The van der Waals surface area contributed by atoms with Crippen LogP contribution in [-0.2, 0) is 4.79 Å². The highest BCUT2D eigenvalue weighted by Gasteiger charge is 2.28. The summed E-state index contributed by atoms with van der Waals surface area (Å²) in [5.41, 5.74) is 3.32. The number of aryl methyl sites for hydroxylation is 1. The van der Waals surface area contributed by atoms with Gasteiger partial charge in [0.1, 0.15) is 0 Å². The van der Waals surface area contributed by atoms with Crippen molar-refractivity contribution in [2.45, 2.75) is 52.4 Å². The average molecular weight is 351 g/mol. The molecule has 1 aromatic heterocycles. The van der Waals surface area contributed by atoms with Crippen molar-refractivity contribution in [3.05, 3.63) is 47.8 Å². The van der Waals surface area contributed by atoms with Crippen molar-refractivity contribution in [3.8, 4) is 11.4 Å². The summed E-state index contributed by atoms with van der Waals surface area (Å²) < 4.78 is 0. The molecule has 3 rings (SSSR count). The lowest BCUT2D eigenvalue weighted by molar-refractivity contribution is -0.137. The molecule has 1 saturated heterocycles. The van der Waals surface area contributed by atoms with Crippen LogP contribution < -0.4 is 0 Å². The summed E-state index contributed by atoms with van der Waals surface area (Å²) in [7, 11) is 0. The zero-order chi connectivity index (χ0) is 18.5. The van der Waals surface area contributed by atoms with Gasteiger partial charge in [-0.15, -0.1) is 0 Å². The summed E-state index contributed by atoms with van der Waals surface area (Å²) in [4.78, 5) is 24.1. The first-order valence-electron chi connectivity index (χ1n) is 9.81. The van der Waals surface area contributed by atoms with Gasteiger partial charge >= 0.3 is 0 Å². The van der Waals surface area contributed by atoms with Gasteiger partial charge in [-0.3, -0.25) is 4.79 Å². The van der Waals surface area contributed by atoms with Crippen LogP contribution in [0.15, 0.2) is 36.5 Å². The summed E-state index contributed by atoms with van der Waals surface area (Å²) in [5, 5.41) is 0. The molecule has 26 heavy (non-hydrogen) atoms. The molecule has 0 bridgehead atoms. The quantitative estimate of drug-likeness (QED) is 0.791. The number of likely N-dealkylation sites (tertiary alicyclic amines) is 1. The van der Waals surface area contributed by atoms with Crippen LogP contribution >= 0.6 is 0 Å². The van der Waals surface area contributed by atoms with Crippen molar-refractivity contribution in [1.29, 1.82) is 0 Å². The molecule has 4 heteroatoms. The molecule has 0 radical (unpaired) electrons. The topological polar surface area (TPSA) is 46.1 Å². The molecule has 1 atom stereocenters. The predicted molar refractivity (Wildman–Crippen MR) is 105 cm³/mol. The standard InChI is InChI=1S/C22H29N3O/c1-4-17(5-2)22(26)25-14-6-7-19(15-25)20-12-13-23-21(24-20)18-10-8-16(3)9-11-18/h8-13,17,19H,4-7,14-15H2,1-3H3/t19-/m0/s1. The van der Waals surface area contributed by atoms with Gasteiger partial charge in [-0.05, 0) is 38.7 Å². The molecule has 0 aliphatic carbocycles. The van der Waals surface area contributed by atoms with E-state index in [1.807, 2.05) is 12.3 Å². The van der Waals surface area contributed by atoms with Crippen molar-refractivity contribution >= 4 is 5.91 Å². The molecular formula is C22H29N3O. The zero-order valence-corrected chi connectivity index (χ0v) is 16.1. The third kappa shape index (κ3) is 4.12. The molecular weight excluding hydrogens is 322 g/mol. The summed E-state index contributed by atoms with van der Waals surface area (Å²) in [5.74, 6) is 1.54. The van der Waals surface area contributed by atoms with Gasteiger partial charge in [0.05, 0.1) is 0 Å². The first-order chi connectivity index (χ1) is 12.6. The normalized spacial score (nSPS) is 17.5. The molecule has 2 aromatic rings. The Morgan fingerprint density at radius 3 is 2.62 bits per heavy atom. The van der Waals surface area contributed by atoms with Crippen LogP contribution in [0.1, 0.15) is 56.7 Å². The number of hydrogen-bond acceptors (Lipinski definition) is 3. The third-order valence-corrected chi connectivity index (χ3v) is 5.47. The minimum Gasteiger partial charge on any atom is -0.342 e. The Labute approximate surface area is 156 Å². The van der Waals surface area contributed by atoms with Crippen LogP contribution in [0.5, 0.6) is 0 Å². The Bertz CT molecular complexity index is 737. The lowest BCUT2D eigenvalue weighted by Crippen LogP contribution is -2.42. The number of benzene rings is 1. The van der Waals surface area contributed by atoms with E-state index in [1.54, 1.807) is 0 Å². The first-order valence-corrected chi connectivity index (χ1v) is 9.81. The fourth-order valence-electron chi connectivity index (χ4n) is 3.76. The Balaban J connectivity index is 1.77. The second kappa shape index (κ2) is 8.43. The van der Waals surface area contributed by atoms with Gasteiger partial charge in [-0.1, -0.05) is 43.7 Å². The second-order valence-corrected chi connectivity index (χ2v) is 7.31. The van der Waals surface area contributed by atoms with E-state index in [2.05, 4.69) is 54.9 Å². The number of carbonyl (C=O) groups is 1. The number of piperidine rings is 1. The van der Waals surface area contributed by atoms with E-state index in [9.17, 15) is 4.79 Å². The fourth-order valence-corrected chi connectivity index (χ4v) is 3.76. The van der Waals surface area contributed by atoms with E-state index in [1.165, 1.54) is 5.56 Å². The number of rotatable bonds is 5. The van der Waals surface area contributed by atoms with E-state index in [0.717, 1.165) is 55.9 Å². The molecule has 0 spiro atoms. The zero-order valence-electron chi connectivity index (χ0n) is 16.1. The molecule has 1 fully saturated rings. The monoisotopic (exact) mass is 351 g/mol. The largest absolute Gasteiger partial charge is 0.342 e. The Morgan fingerprint density at radius 1 is 1.19 bits per heavy atom. The van der Waals surface area contributed by atoms with Gasteiger partial charge in [0, 0.05) is 42.4 Å². The fraction of sp³-hybridized carbons (Fsp3) is 0.500. The van der Waals surface area contributed by atoms with Crippen LogP contribution in [0.25, 0.3) is 11.4 Å². The van der Waals surface area contributed by atoms with Gasteiger partial charge in [-0.25, -0.2) is 9.97 Å². The van der Waals surface area contributed by atoms with Crippen LogP contribution in [0, 0.1) is 12.8 Å². The Morgan fingerprint density at radius 2 is 1.92 bits per heavy atom. The summed E-state index contributed by atoms with van der Waals surface area (Å²) in [6.45, 7) is 7.94. The van der Waals surface area contributed by atoms with E-state index in [0.29, 0.717) is 11.8 Å². The summed E-state index contributed by atoms with van der Waals surface area (Å²) in [6, 6.07) is 10.3. The van der Waals surface area contributed by atoms with E-state index >= 15 is 0 Å². The highest BCUT2D eigenvalue weighted by molar-refractivity contribution is 5.79. The van der Waals surface area contributed by atoms with Crippen LogP contribution in [0.4, 0.5) is 0 Å². The van der Waals surface area contributed by atoms with E-state index in [4.69, 9.17) is 4.98 Å². The maximum absolute atomic E-state index is 12.8. The number of carbonyl (C=O) groups excluding carboxylic acids is 1. The van der Waals surface area contributed by atoms with Gasteiger partial charge in [0.25, 0.3) is 0 Å². The Kier molecular flexibility index (Phi) is 6.02. The van der Waals surface area contributed by atoms with E-state index in [-0.39, 0.29) is 5.92 Å². The third-order valence-electron chi connectivity index (χ3n) is 5.47. The number of aromatic nitrogens is 2. The molecule has 1 aliphatic heterocycles. The maximum atomic E-state index is 12.8. The second-order valence-electron chi connectivity index (χ2n) is 7.31. The van der Waals surface area contributed by atoms with Crippen molar-refractivity contribution < 1.29 is 4.79 Å². The molecule has 0 N–H and O–H groups in total. The Hall–Kier alpha value is -2.23. The molecule has 0 unspecified atom stereocenters. The minimum absolute atomic E-state index is 0.155. The van der Waals surface area contributed by atoms with Gasteiger partial charge < -0.3 is 4.90 Å². The highest BCUT2D eigenvalue weighted by atomic mass is 16.2. The van der Waals surface area contributed by atoms with E-state index < -0.39 is 0 Å².